The van der Waals surface area contributed by atoms with Gasteiger partial charge in [-0.1, -0.05) is 0 Å². The third kappa shape index (κ3) is 1.28. The van der Waals surface area contributed by atoms with Crippen molar-refractivity contribution in [3.05, 3.63) is 28.8 Å². The molecular weight excluding hydrogens is 208 g/mol. The molecule has 2 aromatic heterocycles. The van der Waals surface area contributed by atoms with Gasteiger partial charge in [0, 0.05) is 12.3 Å². The van der Waals surface area contributed by atoms with Crippen LogP contribution in [0.3, 0.4) is 0 Å². The zero-order chi connectivity index (χ0) is 10.1. The van der Waals surface area contributed by atoms with Crippen LogP contribution >= 0.6 is 11.3 Å². The lowest BCUT2D eigenvalue weighted by Crippen LogP contribution is -1.80. The lowest BCUT2D eigenvalue weighted by atomic mass is 10.2. The number of nitriles is 1. The van der Waals surface area contributed by atoms with E-state index >= 15 is 0 Å². The number of H-pyrrole nitrogens is 1. The summed E-state index contributed by atoms with van der Waals surface area (Å²) in [4.78, 5) is 0.0419. The molecule has 0 atom stereocenters. The monoisotopic (exact) mass is 211 g/mol. The molecule has 2 heterocycles. The molecule has 0 radical (unpaired) electrons. The molecule has 1 N–H and O–H groups in total. The van der Waals surface area contributed by atoms with Crippen LogP contribution in [0.25, 0.3) is 10.6 Å². The number of thiophene rings is 1. The smallest absolute Gasteiger partial charge is 0.180 e. The van der Waals surface area contributed by atoms with Crippen LogP contribution in [0.5, 0.6) is 0 Å². The molecule has 0 unspecified atom stereocenters. The maximum absolute atomic E-state index is 13.1. The highest BCUT2D eigenvalue weighted by molar-refractivity contribution is 7.13. The van der Waals surface area contributed by atoms with Gasteiger partial charge in [0.1, 0.15) is 17.6 Å². The van der Waals surface area contributed by atoms with Crippen LogP contribution in [0, 0.1) is 22.3 Å². The minimum Gasteiger partial charge on any atom is -0.284 e. The summed E-state index contributed by atoms with van der Waals surface area (Å²) in [7, 11) is 0. The number of hydrogen-bond acceptors (Lipinski definition) is 3. The highest BCUT2D eigenvalue weighted by Crippen LogP contribution is 2.31. The zero-order valence-corrected chi connectivity index (χ0v) is 7.53. The predicted molar refractivity (Wildman–Crippen MR) is 46.5 cm³/mol. The first kappa shape index (κ1) is 8.84. The van der Waals surface area contributed by atoms with Crippen molar-refractivity contribution in [2.45, 2.75) is 0 Å². The Balaban J connectivity index is 2.61. The second kappa shape index (κ2) is 3.20. The molecule has 2 aromatic rings. The molecule has 0 aliphatic rings. The molecule has 0 aromatic carbocycles. The SMILES string of the molecule is N#Cc1c[nH]nc1-c1sc(F)cc1F. The number of nitrogens with one attached hydrogen (secondary N) is 1. The fourth-order valence-electron chi connectivity index (χ4n) is 1.05. The van der Waals surface area contributed by atoms with Crippen molar-refractivity contribution in [2.75, 3.05) is 0 Å². The van der Waals surface area contributed by atoms with E-state index in [9.17, 15) is 8.78 Å². The van der Waals surface area contributed by atoms with Gasteiger partial charge < -0.3 is 0 Å². The Labute approximate surface area is 81.6 Å². The number of hydrogen-bond donors (Lipinski definition) is 1. The number of aromatic amines is 1. The van der Waals surface area contributed by atoms with Crippen LogP contribution < -0.4 is 0 Å². The molecule has 0 saturated carbocycles. The summed E-state index contributed by atoms with van der Waals surface area (Å²) >= 11 is 0.626. The largest absolute Gasteiger partial charge is 0.284 e. The van der Waals surface area contributed by atoms with Crippen LogP contribution in [-0.4, -0.2) is 10.2 Å². The van der Waals surface area contributed by atoms with Crippen molar-refractivity contribution >= 4 is 11.3 Å². The number of halogens is 2. The van der Waals surface area contributed by atoms with Gasteiger partial charge in [-0.15, -0.1) is 11.3 Å². The Morgan fingerprint density at radius 3 is 2.86 bits per heavy atom. The molecule has 0 spiro atoms. The van der Waals surface area contributed by atoms with Gasteiger partial charge in [-0.25, -0.2) is 4.39 Å². The molecule has 0 fully saturated rings. The van der Waals surface area contributed by atoms with Crippen molar-refractivity contribution in [3.8, 4) is 16.6 Å². The van der Waals surface area contributed by atoms with Gasteiger partial charge in [0.15, 0.2) is 5.13 Å². The Morgan fingerprint density at radius 2 is 2.29 bits per heavy atom. The molecule has 0 amide bonds. The Kier molecular flexibility index (Phi) is 2.02. The van der Waals surface area contributed by atoms with E-state index in [1.54, 1.807) is 0 Å². The Bertz CT molecular complexity index is 509. The predicted octanol–water partition coefficient (Wildman–Crippen LogP) is 2.29. The molecule has 0 aliphatic heterocycles. The molecule has 6 heteroatoms. The Morgan fingerprint density at radius 1 is 1.50 bits per heavy atom. The van der Waals surface area contributed by atoms with Gasteiger partial charge in [-0.3, -0.25) is 5.10 Å². The quantitative estimate of drug-likeness (QED) is 0.786. The van der Waals surface area contributed by atoms with Crippen LogP contribution in [0.4, 0.5) is 8.78 Å². The topological polar surface area (TPSA) is 52.5 Å². The average molecular weight is 211 g/mol. The van der Waals surface area contributed by atoms with Crippen LogP contribution in [0.15, 0.2) is 12.3 Å². The number of aromatic nitrogens is 2. The first-order valence-corrected chi connectivity index (χ1v) is 4.43. The van der Waals surface area contributed by atoms with E-state index in [0.717, 1.165) is 6.07 Å². The summed E-state index contributed by atoms with van der Waals surface area (Å²) in [6.07, 6.45) is 1.34. The lowest BCUT2D eigenvalue weighted by Gasteiger charge is -1.90. The fourth-order valence-corrected chi connectivity index (χ4v) is 1.82. The summed E-state index contributed by atoms with van der Waals surface area (Å²) in [6, 6.07) is 2.61. The summed E-state index contributed by atoms with van der Waals surface area (Å²) in [5, 5.41) is 14.1. The van der Waals surface area contributed by atoms with E-state index in [4.69, 9.17) is 5.26 Å². The molecule has 3 nitrogen and oxygen atoms in total. The lowest BCUT2D eigenvalue weighted by molar-refractivity contribution is 0.611. The summed E-state index contributed by atoms with van der Waals surface area (Å²) in [6.45, 7) is 0. The number of nitrogens with zero attached hydrogens (tertiary/aromatic N) is 2. The minimum atomic E-state index is -0.698. The van der Waals surface area contributed by atoms with Gasteiger partial charge in [-0.05, 0) is 0 Å². The summed E-state index contributed by atoms with van der Waals surface area (Å²) < 4.78 is 25.8. The fraction of sp³-hybridized carbons (Fsp3) is 0. The van der Waals surface area contributed by atoms with Crippen molar-refractivity contribution in [3.63, 3.8) is 0 Å². The summed E-state index contributed by atoms with van der Waals surface area (Å²) in [5.41, 5.74) is 0.352. The molecule has 0 bridgehead atoms. The second-order valence-electron chi connectivity index (χ2n) is 2.49. The van der Waals surface area contributed by atoms with Gasteiger partial charge in [-0.2, -0.15) is 14.8 Å². The third-order valence-electron chi connectivity index (χ3n) is 1.63. The zero-order valence-electron chi connectivity index (χ0n) is 6.71. The van der Waals surface area contributed by atoms with Gasteiger partial charge >= 0.3 is 0 Å². The summed E-state index contributed by atoms with van der Waals surface area (Å²) in [5.74, 6) is -0.698. The van der Waals surface area contributed by atoms with Crippen LogP contribution in [0.2, 0.25) is 0 Å². The molecule has 70 valence electrons. The molecule has 2 rings (SSSR count). The van der Waals surface area contributed by atoms with E-state index in [1.807, 2.05) is 6.07 Å². The normalized spacial score (nSPS) is 10.1. The molecule has 0 aliphatic carbocycles. The van der Waals surface area contributed by atoms with E-state index in [-0.39, 0.29) is 16.1 Å². The van der Waals surface area contributed by atoms with Crippen molar-refractivity contribution < 1.29 is 8.78 Å². The van der Waals surface area contributed by atoms with Gasteiger partial charge in [0.25, 0.3) is 0 Å². The molecule has 14 heavy (non-hydrogen) atoms. The minimum absolute atomic E-state index is 0.0419. The van der Waals surface area contributed by atoms with E-state index < -0.39 is 10.9 Å². The maximum atomic E-state index is 13.1. The van der Waals surface area contributed by atoms with E-state index in [2.05, 4.69) is 10.2 Å². The van der Waals surface area contributed by atoms with Gasteiger partial charge in [0.2, 0.25) is 0 Å². The first-order chi connectivity index (χ1) is 6.72. The highest BCUT2D eigenvalue weighted by atomic mass is 32.1. The first-order valence-electron chi connectivity index (χ1n) is 3.61. The van der Waals surface area contributed by atoms with Gasteiger partial charge in [0.05, 0.1) is 10.4 Å². The standard InChI is InChI=1S/C8H3F2N3S/c9-5-1-6(10)14-8(5)7-4(2-11)3-12-13-7/h1,3H,(H,12,13). The van der Waals surface area contributed by atoms with Crippen molar-refractivity contribution in [1.82, 2.24) is 10.2 Å². The van der Waals surface area contributed by atoms with Crippen molar-refractivity contribution in [1.29, 1.82) is 5.26 Å². The second-order valence-corrected chi connectivity index (χ2v) is 3.49. The highest BCUT2D eigenvalue weighted by Gasteiger charge is 2.16. The van der Waals surface area contributed by atoms with E-state index in [1.165, 1.54) is 6.20 Å². The van der Waals surface area contributed by atoms with Crippen LogP contribution in [-0.2, 0) is 0 Å². The Hall–Kier alpha value is -1.74. The van der Waals surface area contributed by atoms with Crippen LogP contribution in [0.1, 0.15) is 5.56 Å². The molecule has 0 saturated heterocycles. The number of rotatable bonds is 1. The molecular formula is C8H3F2N3S. The van der Waals surface area contributed by atoms with Crippen molar-refractivity contribution in [2.24, 2.45) is 0 Å². The average Bonchev–Trinajstić information content (AvgIpc) is 2.71. The maximum Gasteiger partial charge on any atom is 0.180 e. The van der Waals surface area contributed by atoms with E-state index in [0.29, 0.717) is 11.3 Å². The third-order valence-corrected chi connectivity index (χ3v) is 2.54.